The Balaban J connectivity index is 1.37. The highest BCUT2D eigenvalue weighted by Gasteiger charge is 2.72. The van der Waals surface area contributed by atoms with Gasteiger partial charge < -0.3 is 4.79 Å². The molecule has 5 rings (SSSR count). The number of rotatable bonds is 2. The van der Waals surface area contributed by atoms with Crippen molar-refractivity contribution < 1.29 is 18.0 Å². The molecule has 0 N–H and O–H groups in total. The second-order valence-electron chi connectivity index (χ2n) is 11.0. The van der Waals surface area contributed by atoms with E-state index < -0.39 is 12.1 Å². The van der Waals surface area contributed by atoms with Gasteiger partial charge in [0.05, 0.1) is 5.92 Å². The van der Waals surface area contributed by atoms with Crippen LogP contribution in [0.2, 0.25) is 0 Å². The van der Waals surface area contributed by atoms with E-state index in [1.807, 2.05) is 0 Å². The molecule has 0 bridgehead atoms. The van der Waals surface area contributed by atoms with Crippen LogP contribution in [0.15, 0.2) is 0 Å². The Morgan fingerprint density at radius 1 is 1.00 bits per heavy atom. The molecule has 4 heteroatoms. The summed E-state index contributed by atoms with van der Waals surface area (Å²) in [7, 11) is 0. The minimum Gasteiger partial charge on any atom is -0.303 e. The SMILES string of the molecule is CC1C2C1C1C3CCC4CC(C(F)(F)F)CCC4C3CC[C@]1(C)C2CC=O. The standard InChI is InChI=1S/C23H33F3O/c1-12-19-18(8-10-27)22(2)9-7-16-15-6-4-14(23(24,25)26)11-13(15)3-5-17(16)21(22)20(12)19/h10,12-21H,3-9,11H2,1-2H3/t12?,13?,14?,15?,16?,17?,18?,19?,20?,21?,22-/m1/s1. The number of carbonyl (C=O) groups excluding carboxylic acids is 1. The van der Waals surface area contributed by atoms with Crippen molar-refractivity contribution in [3.63, 3.8) is 0 Å². The molecule has 0 spiro atoms. The normalized spacial score (nSPS) is 56.5. The Morgan fingerprint density at radius 3 is 2.44 bits per heavy atom. The molecule has 10 unspecified atom stereocenters. The van der Waals surface area contributed by atoms with E-state index in [1.54, 1.807) is 0 Å². The van der Waals surface area contributed by atoms with Crippen LogP contribution < -0.4 is 0 Å². The summed E-state index contributed by atoms with van der Waals surface area (Å²) in [5, 5.41) is 0. The average Bonchev–Trinajstić information content (AvgIpc) is 3.17. The summed E-state index contributed by atoms with van der Waals surface area (Å²) in [6.45, 7) is 4.82. The lowest BCUT2D eigenvalue weighted by atomic mass is 9.47. The highest BCUT2D eigenvalue weighted by Crippen LogP contribution is 2.77. The first-order valence-corrected chi connectivity index (χ1v) is 11.3. The zero-order valence-corrected chi connectivity index (χ0v) is 16.5. The van der Waals surface area contributed by atoms with E-state index in [0.717, 1.165) is 55.6 Å². The van der Waals surface area contributed by atoms with E-state index in [9.17, 15) is 18.0 Å². The third kappa shape index (κ3) is 2.53. The summed E-state index contributed by atoms with van der Waals surface area (Å²) in [5.74, 6) is 4.70. The maximum atomic E-state index is 13.2. The molecule has 5 aliphatic rings. The van der Waals surface area contributed by atoms with Gasteiger partial charge >= 0.3 is 6.18 Å². The van der Waals surface area contributed by atoms with Crippen molar-refractivity contribution in [1.82, 2.24) is 0 Å². The van der Waals surface area contributed by atoms with Gasteiger partial charge in [0.2, 0.25) is 0 Å². The van der Waals surface area contributed by atoms with Crippen LogP contribution >= 0.6 is 0 Å². The number of fused-ring (bicyclic) bond motifs is 7. The minimum atomic E-state index is -4.00. The second kappa shape index (κ2) is 5.98. The number of alkyl halides is 3. The summed E-state index contributed by atoms with van der Waals surface area (Å²) in [4.78, 5) is 11.3. The second-order valence-corrected chi connectivity index (χ2v) is 11.0. The van der Waals surface area contributed by atoms with Gasteiger partial charge in [0.25, 0.3) is 0 Å². The molecular formula is C23H33F3O. The van der Waals surface area contributed by atoms with Gasteiger partial charge in [-0.25, -0.2) is 0 Å². The smallest absolute Gasteiger partial charge is 0.303 e. The quantitative estimate of drug-likeness (QED) is 0.526. The van der Waals surface area contributed by atoms with E-state index >= 15 is 0 Å². The van der Waals surface area contributed by atoms with E-state index in [0.29, 0.717) is 47.8 Å². The maximum absolute atomic E-state index is 13.2. The van der Waals surface area contributed by atoms with Gasteiger partial charge in [-0.05, 0) is 104 Å². The lowest BCUT2D eigenvalue weighted by Crippen LogP contribution is -2.51. The molecule has 0 aliphatic heterocycles. The van der Waals surface area contributed by atoms with Crippen LogP contribution in [-0.4, -0.2) is 12.5 Å². The molecule has 0 aromatic heterocycles. The van der Waals surface area contributed by atoms with Crippen molar-refractivity contribution in [2.24, 2.45) is 64.6 Å². The molecule has 0 radical (unpaired) electrons. The molecule has 0 saturated heterocycles. The highest BCUT2D eigenvalue weighted by atomic mass is 19.4. The molecule has 0 heterocycles. The molecule has 5 aliphatic carbocycles. The Hall–Kier alpha value is -0.540. The van der Waals surface area contributed by atoms with Crippen molar-refractivity contribution in [3.05, 3.63) is 0 Å². The van der Waals surface area contributed by atoms with Crippen LogP contribution in [0.1, 0.15) is 65.2 Å². The van der Waals surface area contributed by atoms with Crippen molar-refractivity contribution in [1.29, 1.82) is 0 Å². The predicted molar refractivity (Wildman–Crippen MR) is 97.7 cm³/mol. The van der Waals surface area contributed by atoms with Gasteiger partial charge in [-0.2, -0.15) is 13.2 Å². The van der Waals surface area contributed by atoms with Crippen LogP contribution in [0.5, 0.6) is 0 Å². The van der Waals surface area contributed by atoms with Gasteiger partial charge in [-0.1, -0.05) is 13.8 Å². The molecule has 0 aromatic rings. The van der Waals surface area contributed by atoms with Crippen LogP contribution in [-0.2, 0) is 4.79 Å². The van der Waals surface area contributed by atoms with Gasteiger partial charge in [0.1, 0.15) is 6.29 Å². The monoisotopic (exact) mass is 382 g/mol. The third-order valence-electron chi connectivity index (χ3n) is 10.3. The lowest BCUT2D eigenvalue weighted by molar-refractivity contribution is -0.196. The minimum absolute atomic E-state index is 0.301. The highest BCUT2D eigenvalue weighted by molar-refractivity contribution is 5.51. The van der Waals surface area contributed by atoms with Gasteiger partial charge in [0, 0.05) is 6.42 Å². The number of carbonyl (C=O) groups is 1. The van der Waals surface area contributed by atoms with Crippen molar-refractivity contribution in [2.75, 3.05) is 0 Å². The Morgan fingerprint density at radius 2 is 1.74 bits per heavy atom. The molecule has 27 heavy (non-hydrogen) atoms. The molecule has 11 atom stereocenters. The topological polar surface area (TPSA) is 17.1 Å². The number of halogens is 3. The first-order chi connectivity index (χ1) is 12.8. The molecular weight excluding hydrogens is 349 g/mol. The van der Waals surface area contributed by atoms with E-state index in [-0.39, 0.29) is 0 Å². The largest absolute Gasteiger partial charge is 0.391 e. The van der Waals surface area contributed by atoms with Gasteiger partial charge in [-0.3, -0.25) is 0 Å². The van der Waals surface area contributed by atoms with E-state index in [2.05, 4.69) is 13.8 Å². The number of aldehydes is 1. The van der Waals surface area contributed by atoms with Crippen molar-refractivity contribution >= 4 is 6.29 Å². The summed E-state index contributed by atoms with van der Waals surface area (Å²) >= 11 is 0. The fraction of sp³-hybridized carbons (Fsp3) is 0.957. The summed E-state index contributed by atoms with van der Waals surface area (Å²) in [6, 6.07) is 0. The van der Waals surface area contributed by atoms with E-state index in [1.165, 1.54) is 12.8 Å². The zero-order chi connectivity index (χ0) is 19.1. The maximum Gasteiger partial charge on any atom is 0.391 e. The number of hydrogen-bond acceptors (Lipinski definition) is 1. The molecule has 5 saturated carbocycles. The summed E-state index contributed by atoms with van der Waals surface area (Å²) in [5.41, 5.74) is 0.305. The van der Waals surface area contributed by atoms with Crippen molar-refractivity contribution in [3.8, 4) is 0 Å². The lowest BCUT2D eigenvalue weighted by Gasteiger charge is -2.57. The van der Waals surface area contributed by atoms with E-state index in [4.69, 9.17) is 0 Å². The van der Waals surface area contributed by atoms with Crippen LogP contribution in [0.3, 0.4) is 0 Å². The Bertz CT molecular complexity index is 615. The van der Waals surface area contributed by atoms with Crippen LogP contribution in [0, 0.1) is 64.6 Å². The summed E-state index contributed by atoms with van der Waals surface area (Å²) < 4.78 is 39.7. The molecule has 0 amide bonds. The molecule has 152 valence electrons. The van der Waals surface area contributed by atoms with Crippen LogP contribution in [0.4, 0.5) is 13.2 Å². The average molecular weight is 383 g/mol. The zero-order valence-electron chi connectivity index (χ0n) is 16.5. The molecule has 0 aromatic carbocycles. The Labute approximate surface area is 160 Å². The van der Waals surface area contributed by atoms with Crippen LogP contribution in [0.25, 0.3) is 0 Å². The third-order valence-corrected chi connectivity index (χ3v) is 10.3. The fourth-order valence-corrected chi connectivity index (χ4v) is 9.28. The molecule has 1 nitrogen and oxygen atoms in total. The number of hydrogen-bond donors (Lipinski definition) is 0. The first kappa shape index (κ1) is 18.5. The summed E-state index contributed by atoms with van der Waals surface area (Å²) in [6.07, 6.45) is 3.92. The molecule has 5 fully saturated rings. The van der Waals surface area contributed by atoms with Gasteiger partial charge in [-0.15, -0.1) is 0 Å². The Kier molecular flexibility index (Phi) is 4.10. The predicted octanol–water partition coefficient (Wildman–Crippen LogP) is 6.12. The fourth-order valence-electron chi connectivity index (χ4n) is 9.28. The first-order valence-electron chi connectivity index (χ1n) is 11.3. The van der Waals surface area contributed by atoms with Gasteiger partial charge in [0.15, 0.2) is 0 Å². The van der Waals surface area contributed by atoms with Crippen molar-refractivity contribution in [2.45, 2.75) is 71.4 Å².